The van der Waals surface area contributed by atoms with Crippen LogP contribution >= 0.6 is 0 Å². The van der Waals surface area contributed by atoms with E-state index in [1.807, 2.05) is 0 Å². The lowest BCUT2D eigenvalue weighted by Crippen LogP contribution is -2.37. The molecule has 5 nitrogen and oxygen atoms in total. The smallest absolute Gasteiger partial charge is 0.257 e. The molecule has 0 aliphatic carbocycles. The van der Waals surface area contributed by atoms with Crippen LogP contribution in [0.2, 0.25) is 0 Å². The summed E-state index contributed by atoms with van der Waals surface area (Å²) < 4.78 is 26.9. The fourth-order valence-electron chi connectivity index (χ4n) is 0.340. The zero-order valence-corrected chi connectivity index (χ0v) is 7.10. The molecule has 0 unspecified atom stereocenters. The number of rotatable bonds is 4. The average molecular weight is 168 g/mol. The van der Waals surface area contributed by atoms with Gasteiger partial charge in [0.1, 0.15) is 0 Å². The molecule has 0 amide bonds. The maximum absolute atomic E-state index is 10.8. The van der Waals surface area contributed by atoms with Gasteiger partial charge < -0.3 is 0 Å². The fraction of sp³-hybridized carbons (Fsp3) is 1.00. The normalized spacial score (nSPS) is 12.4. The van der Waals surface area contributed by atoms with Gasteiger partial charge in [-0.05, 0) is 14.0 Å². The van der Waals surface area contributed by atoms with Crippen molar-refractivity contribution in [1.82, 2.24) is 9.84 Å². The molecular formula is C4H12N2O3S. The molecule has 0 aliphatic heterocycles. The summed E-state index contributed by atoms with van der Waals surface area (Å²) in [6, 6.07) is 0. The number of nitrogens with one attached hydrogen (secondary N) is 1. The Morgan fingerprint density at radius 3 is 2.40 bits per heavy atom. The minimum Gasteiger partial charge on any atom is -0.257 e. The number of hydrogen-bond acceptors (Lipinski definition) is 4. The van der Waals surface area contributed by atoms with Crippen LogP contribution in [0.4, 0.5) is 0 Å². The molecule has 0 aliphatic rings. The Balaban J connectivity index is 4.12. The largest absolute Gasteiger partial charge is 0.351 e. The molecule has 0 rings (SSSR count). The molecule has 0 spiro atoms. The second-order valence-corrected chi connectivity index (χ2v) is 3.19. The van der Waals surface area contributed by atoms with Crippen LogP contribution in [0, 0.1) is 0 Å². The summed E-state index contributed by atoms with van der Waals surface area (Å²) in [6.45, 7) is 1.76. The van der Waals surface area contributed by atoms with E-state index in [-0.39, 0.29) is 6.61 Å². The molecule has 0 aromatic rings. The zero-order valence-electron chi connectivity index (χ0n) is 6.29. The highest BCUT2D eigenvalue weighted by Gasteiger charge is 2.14. The van der Waals surface area contributed by atoms with Crippen molar-refractivity contribution in [3.05, 3.63) is 0 Å². The van der Waals surface area contributed by atoms with Gasteiger partial charge in [-0.3, -0.25) is 4.18 Å². The van der Waals surface area contributed by atoms with Crippen molar-refractivity contribution in [2.45, 2.75) is 6.92 Å². The first kappa shape index (κ1) is 9.83. The predicted molar refractivity (Wildman–Crippen MR) is 37.4 cm³/mol. The first-order valence-electron chi connectivity index (χ1n) is 2.85. The van der Waals surface area contributed by atoms with Crippen LogP contribution < -0.4 is 5.43 Å². The van der Waals surface area contributed by atoms with Gasteiger partial charge in [-0.2, -0.15) is 8.42 Å². The summed E-state index contributed by atoms with van der Waals surface area (Å²) in [5, 5.41) is 0. The zero-order chi connectivity index (χ0) is 8.20. The van der Waals surface area contributed by atoms with E-state index in [4.69, 9.17) is 0 Å². The highest BCUT2D eigenvalue weighted by molar-refractivity contribution is 7.84. The first-order chi connectivity index (χ1) is 4.54. The van der Waals surface area contributed by atoms with E-state index in [0.29, 0.717) is 0 Å². The summed E-state index contributed by atoms with van der Waals surface area (Å²) in [5.74, 6) is 0. The van der Waals surface area contributed by atoms with Crippen molar-refractivity contribution >= 4 is 10.3 Å². The van der Waals surface area contributed by atoms with Crippen molar-refractivity contribution in [2.75, 3.05) is 20.7 Å². The molecule has 1 N–H and O–H groups in total. The van der Waals surface area contributed by atoms with Gasteiger partial charge in [-0.25, -0.2) is 5.43 Å². The summed E-state index contributed by atoms with van der Waals surface area (Å²) in [7, 11) is -0.676. The van der Waals surface area contributed by atoms with Crippen LogP contribution in [-0.4, -0.2) is 33.5 Å². The molecule has 0 aromatic carbocycles. The molecule has 0 atom stereocenters. The monoisotopic (exact) mass is 168 g/mol. The van der Waals surface area contributed by atoms with Crippen LogP contribution in [0.3, 0.4) is 0 Å². The minimum absolute atomic E-state index is 0.147. The SMILES string of the molecule is CCOS(=O)(=O)N(C)NC. The molecule has 0 saturated carbocycles. The second-order valence-electron chi connectivity index (χ2n) is 1.56. The molecule has 0 radical (unpaired) electrons. The lowest BCUT2D eigenvalue weighted by atomic mass is 10.9. The number of nitrogens with zero attached hydrogens (tertiary/aromatic N) is 1. The van der Waals surface area contributed by atoms with Gasteiger partial charge in [-0.15, -0.1) is 4.41 Å². The van der Waals surface area contributed by atoms with E-state index in [1.54, 1.807) is 6.92 Å². The molecular weight excluding hydrogens is 156 g/mol. The molecule has 0 fully saturated rings. The Morgan fingerprint density at radius 1 is 1.60 bits per heavy atom. The second kappa shape index (κ2) is 3.87. The van der Waals surface area contributed by atoms with Crippen LogP contribution in [0.25, 0.3) is 0 Å². The summed E-state index contributed by atoms with van der Waals surface area (Å²) in [4.78, 5) is 0. The molecule has 0 aromatic heterocycles. The highest BCUT2D eigenvalue weighted by Crippen LogP contribution is 1.93. The Morgan fingerprint density at radius 2 is 2.10 bits per heavy atom. The Kier molecular flexibility index (Phi) is 3.80. The van der Waals surface area contributed by atoms with Crippen molar-refractivity contribution in [2.24, 2.45) is 0 Å². The van der Waals surface area contributed by atoms with E-state index in [1.165, 1.54) is 14.1 Å². The van der Waals surface area contributed by atoms with Crippen molar-refractivity contribution in [3.8, 4) is 0 Å². The van der Waals surface area contributed by atoms with Gasteiger partial charge in [0.25, 0.3) is 0 Å². The topological polar surface area (TPSA) is 58.6 Å². The van der Waals surface area contributed by atoms with Gasteiger partial charge in [0, 0.05) is 7.05 Å². The third-order valence-electron chi connectivity index (χ3n) is 0.917. The van der Waals surface area contributed by atoms with Crippen molar-refractivity contribution in [1.29, 1.82) is 0 Å². The summed E-state index contributed by atoms with van der Waals surface area (Å²) in [6.07, 6.45) is 0. The average Bonchev–Trinajstić information content (AvgIpc) is 1.86. The standard InChI is InChI=1S/C4H12N2O3S/c1-4-9-10(7,8)6(3)5-2/h5H,4H2,1-3H3. The Bertz CT molecular complexity index is 177. The third-order valence-corrected chi connectivity index (χ3v) is 2.30. The van der Waals surface area contributed by atoms with Gasteiger partial charge in [0.2, 0.25) is 0 Å². The molecule has 6 heteroatoms. The van der Waals surface area contributed by atoms with E-state index < -0.39 is 10.3 Å². The van der Waals surface area contributed by atoms with Crippen LogP contribution in [0.5, 0.6) is 0 Å². The molecule has 10 heavy (non-hydrogen) atoms. The van der Waals surface area contributed by atoms with Crippen molar-refractivity contribution in [3.63, 3.8) is 0 Å². The maximum atomic E-state index is 10.8. The summed E-state index contributed by atoms with van der Waals surface area (Å²) in [5.41, 5.74) is 2.41. The van der Waals surface area contributed by atoms with E-state index >= 15 is 0 Å². The van der Waals surface area contributed by atoms with Gasteiger partial charge in [0.15, 0.2) is 0 Å². The maximum Gasteiger partial charge on any atom is 0.351 e. The molecule has 0 heterocycles. The predicted octanol–water partition coefficient (Wildman–Crippen LogP) is -0.666. The van der Waals surface area contributed by atoms with Gasteiger partial charge in [-0.1, -0.05) is 0 Å². The quantitative estimate of drug-likeness (QED) is 0.566. The van der Waals surface area contributed by atoms with Crippen LogP contribution in [0.15, 0.2) is 0 Å². The Labute approximate surface area is 61.2 Å². The molecule has 0 bridgehead atoms. The lowest BCUT2D eigenvalue weighted by Gasteiger charge is -2.13. The molecule has 62 valence electrons. The van der Waals surface area contributed by atoms with Gasteiger partial charge in [0.05, 0.1) is 6.61 Å². The van der Waals surface area contributed by atoms with Crippen molar-refractivity contribution < 1.29 is 12.6 Å². The fourth-order valence-corrected chi connectivity index (χ4v) is 1.02. The first-order valence-corrected chi connectivity index (χ1v) is 4.21. The number of hydrazine groups is 1. The van der Waals surface area contributed by atoms with Gasteiger partial charge >= 0.3 is 10.3 Å². The highest BCUT2D eigenvalue weighted by atomic mass is 32.2. The van der Waals surface area contributed by atoms with Crippen LogP contribution in [-0.2, 0) is 14.5 Å². The van der Waals surface area contributed by atoms with E-state index in [9.17, 15) is 8.42 Å². The third kappa shape index (κ3) is 2.61. The Hall–Kier alpha value is -0.170. The van der Waals surface area contributed by atoms with E-state index in [2.05, 4.69) is 9.61 Å². The van der Waals surface area contributed by atoms with Crippen LogP contribution in [0.1, 0.15) is 6.92 Å². The summed E-state index contributed by atoms with van der Waals surface area (Å²) >= 11 is 0. The van der Waals surface area contributed by atoms with E-state index in [0.717, 1.165) is 4.41 Å². The molecule has 0 saturated heterocycles. The lowest BCUT2D eigenvalue weighted by molar-refractivity contribution is 0.273. The minimum atomic E-state index is -3.54. The number of hydrogen-bond donors (Lipinski definition) is 1.